The minimum absolute atomic E-state index is 0.184. The smallest absolute Gasteiger partial charge is 0.267 e. The summed E-state index contributed by atoms with van der Waals surface area (Å²) in [7, 11) is 0. The molecule has 0 bridgehead atoms. The van der Waals surface area contributed by atoms with Crippen molar-refractivity contribution in [3.8, 4) is 0 Å². The summed E-state index contributed by atoms with van der Waals surface area (Å²) in [4.78, 5) is 19.1. The van der Waals surface area contributed by atoms with E-state index >= 15 is 0 Å². The van der Waals surface area contributed by atoms with E-state index in [1.807, 2.05) is 24.3 Å². The first-order chi connectivity index (χ1) is 13.8. The maximum atomic E-state index is 12.8. The third-order valence-electron chi connectivity index (χ3n) is 6.41. The molecule has 2 heterocycles. The lowest BCUT2D eigenvalue weighted by Gasteiger charge is -2.36. The summed E-state index contributed by atoms with van der Waals surface area (Å²) in [6.45, 7) is 6.99. The van der Waals surface area contributed by atoms with Crippen LogP contribution in [0.25, 0.3) is 10.2 Å². The molecule has 0 spiro atoms. The third-order valence-corrected chi connectivity index (χ3v) is 8.05. The molecule has 2 aromatic heterocycles. The number of nitrogens with two attached hydrogens (primary N) is 1. The Labute approximate surface area is 184 Å². The average molecular weight is 472 g/mol. The van der Waals surface area contributed by atoms with Crippen LogP contribution in [0.4, 0.5) is 11.4 Å². The predicted molar refractivity (Wildman–Crippen MR) is 126 cm³/mol. The average Bonchev–Trinajstić information content (AvgIpc) is 3.03. The summed E-state index contributed by atoms with van der Waals surface area (Å²) in [6, 6.07) is 9.69. The Hall–Kier alpha value is -1.92. The van der Waals surface area contributed by atoms with E-state index in [-0.39, 0.29) is 5.91 Å². The molecule has 152 valence electrons. The molecule has 0 saturated heterocycles. The van der Waals surface area contributed by atoms with Gasteiger partial charge >= 0.3 is 0 Å². The highest BCUT2D eigenvalue weighted by molar-refractivity contribution is 9.10. The van der Waals surface area contributed by atoms with Crippen molar-refractivity contribution in [1.82, 2.24) is 4.98 Å². The van der Waals surface area contributed by atoms with Crippen molar-refractivity contribution in [3.63, 3.8) is 0 Å². The number of aryl methyl sites for hydroxylation is 1. The standard InChI is InChI=1S/C23H26BrN3OS/c1-4-23(2,3)14-5-10-18-13(11-14)12-17-19(25)20(29-22(17)27-18)21(28)26-16-8-6-15(24)7-9-16/h6-9,12,14H,4-5,10-11,25H2,1-3H3,(H,26,28). The van der Waals surface area contributed by atoms with Crippen molar-refractivity contribution in [2.75, 3.05) is 11.1 Å². The summed E-state index contributed by atoms with van der Waals surface area (Å²) in [5.74, 6) is 0.468. The zero-order valence-electron chi connectivity index (χ0n) is 17.0. The second-order valence-electron chi connectivity index (χ2n) is 8.53. The second-order valence-corrected chi connectivity index (χ2v) is 10.4. The number of hydrogen-bond donors (Lipinski definition) is 2. The molecule has 1 amide bonds. The van der Waals surface area contributed by atoms with Crippen LogP contribution in [0.15, 0.2) is 34.8 Å². The first-order valence-electron chi connectivity index (χ1n) is 10.1. The summed E-state index contributed by atoms with van der Waals surface area (Å²) >= 11 is 4.79. The lowest BCUT2D eigenvalue weighted by molar-refractivity contribution is 0.103. The first kappa shape index (κ1) is 20.4. The Morgan fingerprint density at radius 2 is 2.07 bits per heavy atom. The SMILES string of the molecule is CCC(C)(C)C1CCc2nc3sc(C(=O)Nc4ccc(Br)cc4)c(N)c3cc2C1. The van der Waals surface area contributed by atoms with Crippen LogP contribution in [0.3, 0.4) is 0 Å². The predicted octanol–water partition coefficient (Wildman–Crippen LogP) is 6.43. The van der Waals surface area contributed by atoms with E-state index in [2.05, 4.69) is 48.1 Å². The number of rotatable bonds is 4. The fourth-order valence-electron chi connectivity index (χ4n) is 4.04. The molecule has 6 heteroatoms. The van der Waals surface area contributed by atoms with E-state index in [9.17, 15) is 4.79 Å². The lowest BCUT2D eigenvalue weighted by atomic mass is 9.69. The van der Waals surface area contributed by atoms with Gasteiger partial charge in [0.05, 0.1) is 5.69 Å². The molecule has 1 aliphatic rings. The van der Waals surface area contributed by atoms with Gasteiger partial charge in [0.2, 0.25) is 0 Å². The Kier molecular flexibility index (Phi) is 5.42. The van der Waals surface area contributed by atoms with Gasteiger partial charge < -0.3 is 11.1 Å². The minimum Gasteiger partial charge on any atom is -0.397 e. The first-order valence-corrected chi connectivity index (χ1v) is 11.7. The molecule has 0 fully saturated rings. The zero-order valence-corrected chi connectivity index (χ0v) is 19.4. The number of nitrogens with one attached hydrogen (secondary N) is 1. The number of pyridine rings is 1. The molecule has 0 aliphatic heterocycles. The Morgan fingerprint density at radius 3 is 2.76 bits per heavy atom. The van der Waals surface area contributed by atoms with Gasteiger partial charge in [-0.3, -0.25) is 4.79 Å². The number of carbonyl (C=O) groups is 1. The van der Waals surface area contributed by atoms with Gasteiger partial charge in [-0.05, 0) is 66.5 Å². The molecule has 4 rings (SSSR count). The lowest BCUT2D eigenvalue weighted by Crippen LogP contribution is -2.29. The summed E-state index contributed by atoms with van der Waals surface area (Å²) < 4.78 is 0.969. The van der Waals surface area contributed by atoms with Crippen LogP contribution in [0.2, 0.25) is 0 Å². The van der Waals surface area contributed by atoms with Crippen LogP contribution in [-0.2, 0) is 12.8 Å². The molecule has 3 aromatic rings. The largest absolute Gasteiger partial charge is 0.397 e. The van der Waals surface area contributed by atoms with Gasteiger partial charge in [-0.2, -0.15) is 0 Å². The third kappa shape index (κ3) is 3.92. The molecule has 4 nitrogen and oxygen atoms in total. The number of aromatic nitrogens is 1. The second kappa shape index (κ2) is 7.73. The molecular weight excluding hydrogens is 446 g/mol. The fraction of sp³-hybridized carbons (Fsp3) is 0.391. The molecule has 3 N–H and O–H groups in total. The van der Waals surface area contributed by atoms with E-state index in [0.29, 0.717) is 21.9 Å². The summed E-state index contributed by atoms with van der Waals surface area (Å²) in [6.07, 6.45) is 4.38. The Balaban J connectivity index is 1.64. The molecular formula is C23H26BrN3OS. The van der Waals surface area contributed by atoms with Crippen molar-refractivity contribution in [1.29, 1.82) is 0 Å². The molecule has 1 aromatic carbocycles. The molecule has 0 radical (unpaired) electrons. The number of fused-ring (bicyclic) bond motifs is 2. The topological polar surface area (TPSA) is 68.0 Å². The van der Waals surface area contributed by atoms with Crippen molar-refractivity contribution >= 4 is 54.8 Å². The quantitative estimate of drug-likeness (QED) is 0.460. The van der Waals surface area contributed by atoms with Gasteiger partial charge in [0.25, 0.3) is 5.91 Å². The van der Waals surface area contributed by atoms with Gasteiger partial charge in [-0.1, -0.05) is 43.1 Å². The summed E-state index contributed by atoms with van der Waals surface area (Å²) in [5.41, 5.74) is 10.5. The van der Waals surface area contributed by atoms with E-state index < -0.39 is 0 Å². The van der Waals surface area contributed by atoms with Gasteiger partial charge in [0.15, 0.2) is 0 Å². The number of nitrogens with zero attached hydrogens (tertiary/aromatic N) is 1. The van der Waals surface area contributed by atoms with Crippen molar-refractivity contribution < 1.29 is 4.79 Å². The molecule has 1 unspecified atom stereocenters. The number of nitrogen functional groups attached to an aromatic ring is 1. The minimum atomic E-state index is -0.184. The highest BCUT2D eigenvalue weighted by Crippen LogP contribution is 2.42. The van der Waals surface area contributed by atoms with Crippen LogP contribution < -0.4 is 11.1 Å². The van der Waals surface area contributed by atoms with Crippen LogP contribution >= 0.6 is 27.3 Å². The van der Waals surface area contributed by atoms with Crippen LogP contribution in [0, 0.1) is 11.3 Å². The summed E-state index contributed by atoms with van der Waals surface area (Å²) in [5, 5.41) is 3.84. The molecule has 1 aliphatic carbocycles. The van der Waals surface area contributed by atoms with Gasteiger partial charge in [0, 0.05) is 21.2 Å². The van der Waals surface area contributed by atoms with E-state index in [1.54, 1.807) is 0 Å². The number of halogens is 1. The zero-order chi connectivity index (χ0) is 20.8. The number of hydrogen-bond acceptors (Lipinski definition) is 4. The molecule has 29 heavy (non-hydrogen) atoms. The Bertz CT molecular complexity index is 1070. The monoisotopic (exact) mass is 471 g/mol. The number of carbonyl (C=O) groups excluding carboxylic acids is 1. The van der Waals surface area contributed by atoms with Gasteiger partial charge in [0.1, 0.15) is 9.71 Å². The van der Waals surface area contributed by atoms with Crippen molar-refractivity contribution in [3.05, 3.63) is 50.9 Å². The van der Waals surface area contributed by atoms with Crippen LogP contribution in [0.5, 0.6) is 0 Å². The maximum absolute atomic E-state index is 12.8. The number of anilines is 2. The van der Waals surface area contributed by atoms with Crippen molar-refractivity contribution in [2.45, 2.75) is 46.5 Å². The Morgan fingerprint density at radius 1 is 1.34 bits per heavy atom. The van der Waals surface area contributed by atoms with Gasteiger partial charge in [-0.15, -0.1) is 11.3 Å². The van der Waals surface area contributed by atoms with Gasteiger partial charge in [-0.25, -0.2) is 4.98 Å². The van der Waals surface area contributed by atoms with Crippen LogP contribution in [0.1, 0.15) is 54.5 Å². The van der Waals surface area contributed by atoms with E-state index in [1.165, 1.54) is 35.4 Å². The van der Waals surface area contributed by atoms with Crippen molar-refractivity contribution in [2.24, 2.45) is 11.3 Å². The number of amides is 1. The highest BCUT2D eigenvalue weighted by atomic mass is 79.9. The molecule has 1 atom stereocenters. The highest BCUT2D eigenvalue weighted by Gasteiger charge is 2.32. The normalized spacial score (nSPS) is 16.6. The fourth-order valence-corrected chi connectivity index (χ4v) is 5.29. The number of thiophene rings is 1. The van der Waals surface area contributed by atoms with E-state index in [0.717, 1.165) is 33.2 Å². The maximum Gasteiger partial charge on any atom is 0.267 e. The number of benzene rings is 1. The van der Waals surface area contributed by atoms with E-state index in [4.69, 9.17) is 10.7 Å². The van der Waals surface area contributed by atoms with Crippen LogP contribution in [-0.4, -0.2) is 10.9 Å². The molecule has 0 saturated carbocycles.